The lowest BCUT2D eigenvalue weighted by Crippen LogP contribution is -2.40. The van der Waals surface area contributed by atoms with E-state index >= 15 is 0 Å². The highest BCUT2D eigenvalue weighted by molar-refractivity contribution is 7.89. The second-order valence-corrected chi connectivity index (χ2v) is 7.38. The Kier molecular flexibility index (Phi) is 5.01. The van der Waals surface area contributed by atoms with Crippen molar-refractivity contribution < 1.29 is 12.8 Å². The van der Waals surface area contributed by atoms with Crippen molar-refractivity contribution in [2.24, 2.45) is 5.92 Å². The average molecular weight is 321 g/mol. The number of hydrogen-bond acceptors (Lipinski definition) is 3. The van der Waals surface area contributed by atoms with Gasteiger partial charge in [0.25, 0.3) is 0 Å². The molecule has 4 nitrogen and oxygen atoms in total. The average Bonchev–Trinajstić information content (AvgIpc) is 2.38. The first-order valence-electron chi connectivity index (χ1n) is 6.54. The van der Waals surface area contributed by atoms with E-state index in [1.54, 1.807) is 0 Å². The van der Waals surface area contributed by atoms with Gasteiger partial charge < -0.3 is 5.32 Å². The van der Waals surface area contributed by atoms with Crippen LogP contribution in [0.3, 0.4) is 0 Å². The third-order valence-electron chi connectivity index (χ3n) is 3.54. The van der Waals surface area contributed by atoms with Crippen molar-refractivity contribution >= 4 is 21.6 Å². The van der Waals surface area contributed by atoms with Crippen LogP contribution in [0.15, 0.2) is 23.1 Å². The van der Waals surface area contributed by atoms with Crippen molar-refractivity contribution in [3.05, 3.63) is 29.0 Å². The summed E-state index contributed by atoms with van der Waals surface area (Å²) in [6, 6.07) is 3.40. The SMILES string of the molecule is CNCC1CCN(S(=O)(=O)c2cc(F)cc(Cl)c2)CC1. The summed E-state index contributed by atoms with van der Waals surface area (Å²) in [6.07, 6.45) is 1.62. The van der Waals surface area contributed by atoms with Gasteiger partial charge in [-0.3, -0.25) is 0 Å². The third kappa shape index (κ3) is 3.49. The van der Waals surface area contributed by atoms with E-state index in [0.29, 0.717) is 19.0 Å². The standard InChI is InChI=1S/C13H18ClFN2O2S/c1-16-9-10-2-4-17(5-3-10)20(18,19)13-7-11(14)6-12(15)8-13/h6-8,10,16H,2-5,9H2,1H3. The van der Waals surface area contributed by atoms with E-state index in [4.69, 9.17) is 11.6 Å². The molecule has 0 unspecified atom stereocenters. The van der Waals surface area contributed by atoms with E-state index in [2.05, 4.69) is 5.32 Å². The molecule has 112 valence electrons. The highest BCUT2D eigenvalue weighted by Gasteiger charge is 2.29. The number of rotatable bonds is 4. The fraction of sp³-hybridized carbons (Fsp3) is 0.538. The van der Waals surface area contributed by atoms with Crippen molar-refractivity contribution in [2.45, 2.75) is 17.7 Å². The van der Waals surface area contributed by atoms with E-state index in [1.165, 1.54) is 10.4 Å². The van der Waals surface area contributed by atoms with Gasteiger partial charge in [-0.1, -0.05) is 11.6 Å². The maximum absolute atomic E-state index is 13.3. The van der Waals surface area contributed by atoms with Gasteiger partial charge in [0.1, 0.15) is 5.82 Å². The molecule has 0 amide bonds. The largest absolute Gasteiger partial charge is 0.319 e. The van der Waals surface area contributed by atoms with Crippen molar-refractivity contribution in [1.82, 2.24) is 9.62 Å². The van der Waals surface area contributed by atoms with Gasteiger partial charge in [0.15, 0.2) is 0 Å². The Labute approximate surface area is 124 Å². The van der Waals surface area contributed by atoms with Crippen LogP contribution in [0, 0.1) is 11.7 Å². The predicted octanol–water partition coefficient (Wildman–Crippen LogP) is 2.10. The third-order valence-corrected chi connectivity index (χ3v) is 5.63. The molecule has 1 aliphatic rings. The molecule has 1 fully saturated rings. The monoisotopic (exact) mass is 320 g/mol. The van der Waals surface area contributed by atoms with Gasteiger partial charge >= 0.3 is 0 Å². The summed E-state index contributed by atoms with van der Waals surface area (Å²) in [7, 11) is -1.77. The van der Waals surface area contributed by atoms with Crippen LogP contribution in [-0.2, 0) is 10.0 Å². The minimum absolute atomic E-state index is 0.0745. The second-order valence-electron chi connectivity index (χ2n) is 5.01. The molecule has 1 heterocycles. The molecule has 20 heavy (non-hydrogen) atoms. The normalized spacial score (nSPS) is 18.4. The van der Waals surface area contributed by atoms with Crippen molar-refractivity contribution in [2.75, 3.05) is 26.7 Å². The summed E-state index contributed by atoms with van der Waals surface area (Å²) in [5.74, 6) is -0.149. The minimum atomic E-state index is -3.66. The summed E-state index contributed by atoms with van der Waals surface area (Å²) in [6.45, 7) is 1.81. The Morgan fingerprint density at radius 2 is 2.00 bits per heavy atom. The van der Waals surface area contributed by atoms with Crippen molar-refractivity contribution in [3.8, 4) is 0 Å². The molecule has 0 spiro atoms. The van der Waals surface area contributed by atoms with E-state index in [1.807, 2.05) is 7.05 Å². The van der Waals surface area contributed by atoms with Crippen LogP contribution in [0.25, 0.3) is 0 Å². The lowest BCUT2D eigenvalue weighted by Gasteiger charge is -2.31. The van der Waals surface area contributed by atoms with Crippen LogP contribution < -0.4 is 5.32 Å². The number of benzene rings is 1. The van der Waals surface area contributed by atoms with Gasteiger partial charge in [-0.05, 0) is 50.6 Å². The highest BCUT2D eigenvalue weighted by atomic mass is 35.5. The molecule has 1 aromatic carbocycles. The van der Waals surface area contributed by atoms with Gasteiger partial charge in [0.2, 0.25) is 10.0 Å². The van der Waals surface area contributed by atoms with Gasteiger partial charge in [0, 0.05) is 18.1 Å². The Hall–Kier alpha value is -0.690. The fourth-order valence-electron chi connectivity index (χ4n) is 2.47. The lowest BCUT2D eigenvalue weighted by molar-refractivity contribution is 0.270. The number of piperidine rings is 1. The Bertz CT molecular complexity index is 551. The Balaban J connectivity index is 2.15. The molecule has 0 bridgehead atoms. The topological polar surface area (TPSA) is 49.4 Å². The predicted molar refractivity (Wildman–Crippen MR) is 76.8 cm³/mol. The molecule has 1 N–H and O–H groups in total. The van der Waals surface area contributed by atoms with Crippen LogP contribution in [0.5, 0.6) is 0 Å². The first kappa shape index (κ1) is 15.7. The summed E-state index contributed by atoms with van der Waals surface area (Å²) >= 11 is 5.73. The van der Waals surface area contributed by atoms with Crippen LogP contribution in [0.4, 0.5) is 4.39 Å². The molecular weight excluding hydrogens is 303 g/mol. The zero-order valence-electron chi connectivity index (χ0n) is 11.3. The Morgan fingerprint density at radius 1 is 1.35 bits per heavy atom. The zero-order valence-corrected chi connectivity index (χ0v) is 12.8. The van der Waals surface area contributed by atoms with Gasteiger partial charge in [-0.25, -0.2) is 12.8 Å². The van der Waals surface area contributed by atoms with Gasteiger partial charge in [0.05, 0.1) is 4.90 Å². The van der Waals surface area contributed by atoms with Crippen LogP contribution in [0.2, 0.25) is 5.02 Å². The number of sulfonamides is 1. The molecule has 1 aliphatic heterocycles. The first-order valence-corrected chi connectivity index (χ1v) is 8.36. The van der Waals surface area contributed by atoms with E-state index < -0.39 is 15.8 Å². The molecule has 1 aromatic rings. The molecule has 0 aromatic heterocycles. The maximum Gasteiger partial charge on any atom is 0.243 e. The molecule has 2 rings (SSSR count). The summed E-state index contributed by atoms with van der Waals surface area (Å²) < 4.78 is 39.6. The molecular formula is C13H18ClFN2O2S. The number of hydrogen-bond donors (Lipinski definition) is 1. The summed E-state index contributed by atoms with van der Waals surface area (Å²) in [5.41, 5.74) is 0. The molecule has 0 aliphatic carbocycles. The summed E-state index contributed by atoms with van der Waals surface area (Å²) in [5, 5.41) is 3.19. The van der Waals surface area contributed by atoms with Gasteiger partial charge in [-0.15, -0.1) is 0 Å². The van der Waals surface area contributed by atoms with E-state index in [9.17, 15) is 12.8 Å². The molecule has 1 saturated heterocycles. The van der Waals surface area contributed by atoms with Crippen LogP contribution in [0.1, 0.15) is 12.8 Å². The van der Waals surface area contributed by atoms with Crippen molar-refractivity contribution in [3.63, 3.8) is 0 Å². The van der Waals surface area contributed by atoms with Crippen LogP contribution in [-0.4, -0.2) is 39.4 Å². The van der Waals surface area contributed by atoms with Gasteiger partial charge in [-0.2, -0.15) is 4.31 Å². The zero-order chi connectivity index (χ0) is 14.8. The minimum Gasteiger partial charge on any atom is -0.319 e. The lowest BCUT2D eigenvalue weighted by atomic mass is 9.98. The second kappa shape index (κ2) is 6.39. The fourth-order valence-corrected chi connectivity index (χ4v) is 4.28. The number of nitrogens with one attached hydrogen (secondary N) is 1. The Morgan fingerprint density at radius 3 is 2.55 bits per heavy atom. The number of halogens is 2. The molecule has 0 saturated carbocycles. The molecule has 7 heteroatoms. The smallest absolute Gasteiger partial charge is 0.243 e. The van der Waals surface area contributed by atoms with E-state index in [-0.39, 0.29) is 9.92 Å². The maximum atomic E-state index is 13.3. The van der Waals surface area contributed by atoms with E-state index in [0.717, 1.165) is 31.5 Å². The summed E-state index contributed by atoms with van der Waals surface area (Å²) in [4.78, 5) is -0.0745. The highest BCUT2D eigenvalue weighted by Crippen LogP contribution is 2.25. The molecule has 0 radical (unpaired) electrons. The number of nitrogens with zero attached hydrogens (tertiary/aromatic N) is 1. The quantitative estimate of drug-likeness (QED) is 0.924. The van der Waals surface area contributed by atoms with Crippen LogP contribution >= 0.6 is 11.6 Å². The molecule has 0 atom stereocenters. The first-order chi connectivity index (χ1) is 9.43. The van der Waals surface area contributed by atoms with Crippen molar-refractivity contribution in [1.29, 1.82) is 0 Å².